The standard InChI is InChI=1S/C26H23Cl2N3O7/c1-15(2)24(34)37-14-38-25(35)20(29-23(33)22-18(27)5-4-6-19(22)28)13-16-7-9-17(10-8-16)31-21(32)11-12-30(3)26(31)36/h4-12,20H,1,13-14H2,2-3H3,(H,29,33)/t20-/m0/s1. The van der Waals surface area contributed by atoms with Crippen LogP contribution in [-0.2, 0) is 32.5 Å². The second kappa shape index (κ2) is 12.4. The number of carbonyl (C=O) groups excluding carboxylic acids is 3. The van der Waals surface area contributed by atoms with Crippen molar-refractivity contribution in [3.63, 3.8) is 0 Å². The van der Waals surface area contributed by atoms with Crippen molar-refractivity contribution in [3.05, 3.63) is 109 Å². The Hall–Kier alpha value is -4.15. The lowest BCUT2D eigenvalue weighted by molar-refractivity contribution is -0.166. The van der Waals surface area contributed by atoms with E-state index in [2.05, 4.69) is 11.9 Å². The molecule has 0 radical (unpaired) electrons. The number of nitrogens with one attached hydrogen (secondary N) is 1. The first-order valence-electron chi connectivity index (χ1n) is 11.1. The largest absolute Gasteiger partial charge is 0.426 e. The van der Waals surface area contributed by atoms with Gasteiger partial charge >= 0.3 is 17.6 Å². The summed E-state index contributed by atoms with van der Waals surface area (Å²) in [4.78, 5) is 62.0. The van der Waals surface area contributed by atoms with Gasteiger partial charge < -0.3 is 19.4 Å². The lowest BCUT2D eigenvalue weighted by atomic mass is 10.0. The Morgan fingerprint density at radius 1 is 1.00 bits per heavy atom. The predicted octanol–water partition coefficient (Wildman–Crippen LogP) is 2.80. The van der Waals surface area contributed by atoms with Gasteiger partial charge in [0.1, 0.15) is 6.04 Å². The molecule has 0 aliphatic rings. The fourth-order valence-corrected chi connectivity index (χ4v) is 3.89. The summed E-state index contributed by atoms with van der Waals surface area (Å²) in [5, 5.41) is 2.71. The number of ether oxygens (including phenoxy) is 2. The van der Waals surface area contributed by atoms with Crippen LogP contribution in [0.2, 0.25) is 10.0 Å². The third-order valence-corrected chi connectivity index (χ3v) is 5.94. The highest BCUT2D eigenvalue weighted by Crippen LogP contribution is 2.24. The molecule has 0 saturated carbocycles. The number of halogens is 2. The van der Waals surface area contributed by atoms with Gasteiger partial charge in [-0.3, -0.25) is 9.59 Å². The Bertz CT molecular complexity index is 1490. The molecule has 0 bridgehead atoms. The van der Waals surface area contributed by atoms with E-state index < -0.39 is 41.9 Å². The van der Waals surface area contributed by atoms with E-state index in [-0.39, 0.29) is 27.6 Å². The van der Waals surface area contributed by atoms with Gasteiger partial charge in [-0.2, -0.15) is 0 Å². The van der Waals surface area contributed by atoms with Gasteiger partial charge in [-0.05, 0) is 36.8 Å². The molecule has 1 aromatic heterocycles. The molecule has 1 heterocycles. The van der Waals surface area contributed by atoms with Gasteiger partial charge in [-0.15, -0.1) is 0 Å². The zero-order valence-electron chi connectivity index (χ0n) is 20.4. The Kier molecular flexibility index (Phi) is 9.27. The zero-order chi connectivity index (χ0) is 28.0. The van der Waals surface area contributed by atoms with Gasteiger partial charge in [-0.1, -0.05) is 48.0 Å². The van der Waals surface area contributed by atoms with E-state index in [0.717, 1.165) is 4.57 Å². The molecule has 38 heavy (non-hydrogen) atoms. The van der Waals surface area contributed by atoms with Crippen LogP contribution in [0.4, 0.5) is 0 Å². The summed E-state index contributed by atoms with van der Waals surface area (Å²) >= 11 is 12.3. The Morgan fingerprint density at radius 3 is 2.24 bits per heavy atom. The van der Waals surface area contributed by atoms with Gasteiger partial charge in [0.15, 0.2) is 0 Å². The molecule has 0 aliphatic carbocycles. The van der Waals surface area contributed by atoms with Gasteiger partial charge in [0.2, 0.25) is 6.79 Å². The first-order chi connectivity index (χ1) is 18.0. The maximum absolute atomic E-state index is 12.9. The van der Waals surface area contributed by atoms with Crippen LogP contribution in [0.1, 0.15) is 22.8 Å². The summed E-state index contributed by atoms with van der Waals surface area (Å²) in [5.41, 5.74) is -0.0715. The first-order valence-corrected chi connectivity index (χ1v) is 11.9. The molecule has 0 saturated heterocycles. The highest BCUT2D eigenvalue weighted by Gasteiger charge is 2.26. The predicted molar refractivity (Wildman–Crippen MR) is 141 cm³/mol. The van der Waals surface area contributed by atoms with Crippen molar-refractivity contribution in [2.75, 3.05) is 6.79 Å². The Balaban J connectivity index is 1.85. The molecule has 0 spiro atoms. The fourth-order valence-electron chi connectivity index (χ4n) is 3.32. The number of rotatable bonds is 9. The molecule has 1 atom stereocenters. The molecule has 1 amide bonds. The molecule has 0 fully saturated rings. The first kappa shape index (κ1) is 28.4. The lowest BCUT2D eigenvalue weighted by Crippen LogP contribution is -2.44. The zero-order valence-corrected chi connectivity index (χ0v) is 21.9. The fraction of sp³-hybridized carbons (Fsp3) is 0.192. The third kappa shape index (κ3) is 6.78. The average Bonchev–Trinajstić information content (AvgIpc) is 2.86. The minimum atomic E-state index is -1.24. The van der Waals surface area contributed by atoms with Crippen LogP contribution in [0, 0.1) is 0 Å². The number of hydrogen-bond donors (Lipinski definition) is 1. The van der Waals surface area contributed by atoms with E-state index in [1.807, 2.05) is 0 Å². The number of amides is 1. The topological polar surface area (TPSA) is 126 Å². The van der Waals surface area contributed by atoms with Crippen LogP contribution in [-0.4, -0.2) is 39.8 Å². The van der Waals surface area contributed by atoms with E-state index >= 15 is 0 Å². The highest BCUT2D eigenvalue weighted by molar-refractivity contribution is 6.39. The minimum absolute atomic E-state index is 0.0306. The molecule has 12 heteroatoms. The molecular weight excluding hydrogens is 537 g/mol. The van der Waals surface area contributed by atoms with E-state index in [4.69, 9.17) is 32.7 Å². The number of aryl methyl sites for hydroxylation is 1. The maximum atomic E-state index is 12.9. The molecule has 198 valence electrons. The number of carbonyl (C=O) groups is 3. The number of nitrogens with zero attached hydrogens (tertiary/aromatic N) is 2. The lowest BCUT2D eigenvalue weighted by Gasteiger charge is -2.19. The molecule has 10 nitrogen and oxygen atoms in total. The Morgan fingerprint density at radius 2 is 1.63 bits per heavy atom. The van der Waals surface area contributed by atoms with Gasteiger partial charge in [0.25, 0.3) is 11.5 Å². The van der Waals surface area contributed by atoms with Crippen molar-refractivity contribution in [1.82, 2.24) is 14.5 Å². The summed E-state index contributed by atoms with van der Waals surface area (Å²) < 4.78 is 12.1. The van der Waals surface area contributed by atoms with Gasteiger partial charge in [0, 0.05) is 31.3 Å². The summed E-state index contributed by atoms with van der Waals surface area (Å²) in [5.74, 6) is -2.37. The summed E-state index contributed by atoms with van der Waals surface area (Å²) in [6.45, 7) is 4.18. The second-order valence-corrected chi connectivity index (χ2v) is 8.98. The Labute approximate surface area is 227 Å². The maximum Gasteiger partial charge on any atom is 0.335 e. The normalized spacial score (nSPS) is 11.4. The van der Waals surface area contributed by atoms with E-state index in [0.29, 0.717) is 11.3 Å². The van der Waals surface area contributed by atoms with Gasteiger partial charge in [-0.25, -0.2) is 19.0 Å². The highest BCUT2D eigenvalue weighted by atomic mass is 35.5. The SMILES string of the molecule is C=C(C)C(=O)OCOC(=O)[C@H](Cc1ccc(-n2c(=O)ccn(C)c2=O)cc1)NC(=O)c1c(Cl)cccc1Cl. The van der Waals surface area contributed by atoms with Crippen molar-refractivity contribution in [2.45, 2.75) is 19.4 Å². The quantitative estimate of drug-likeness (QED) is 0.242. The van der Waals surface area contributed by atoms with E-state index in [9.17, 15) is 24.0 Å². The van der Waals surface area contributed by atoms with Crippen molar-refractivity contribution in [3.8, 4) is 5.69 Å². The monoisotopic (exact) mass is 559 g/mol. The summed E-state index contributed by atoms with van der Waals surface area (Å²) in [7, 11) is 1.52. The van der Waals surface area contributed by atoms with Gasteiger partial charge in [0.05, 0.1) is 21.3 Å². The smallest absolute Gasteiger partial charge is 0.335 e. The van der Waals surface area contributed by atoms with Crippen molar-refractivity contribution in [1.29, 1.82) is 0 Å². The van der Waals surface area contributed by atoms with Crippen molar-refractivity contribution < 1.29 is 23.9 Å². The number of hydrogen-bond acceptors (Lipinski definition) is 7. The number of esters is 2. The third-order valence-electron chi connectivity index (χ3n) is 5.31. The van der Waals surface area contributed by atoms with E-state index in [1.54, 1.807) is 18.2 Å². The molecule has 3 rings (SSSR count). The van der Waals surface area contributed by atoms with Crippen molar-refractivity contribution >= 4 is 41.0 Å². The van der Waals surface area contributed by atoms with Crippen LogP contribution < -0.4 is 16.6 Å². The number of aromatic nitrogens is 2. The van der Waals surface area contributed by atoms with Crippen LogP contribution in [0.3, 0.4) is 0 Å². The molecule has 0 unspecified atom stereocenters. The van der Waals surface area contributed by atoms with Crippen molar-refractivity contribution in [2.24, 2.45) is 7.05 Å². The molecule has 0 aliphatic heterocycles. The number of benzene rings is 2. The summed E-state index contributed by atoms with van der Waals surface area (Å²) in [6, 6.07) is 10.8. The summed E-state index contributed by atoms with van der Waals surface area (Å²) in [6.07, 6.45) is 1.32. The van der Waals surface area contributed by atoms with Crippen LogP contribution >= 0.6 is 23.2 Å². The second-order valence-electron chi connectivity index (χ2n) is 8.17. The van der Waals surface area contributed by atoms with Crippen LogP contribution in [0.5, 0.6) is 0 Å². The molecule has 1 N–H and O–H groups in total. The van der Waals surface area contributed by atoms with Crippen LogP contribution in [0.15, 0.2) is 76.5 Å². The average molecular weight is 560 g/mol. The van der Waals surface area contributed by atoms with Crippen LogP contribution in [0.25, 0.3) is 5.69 Å². The minimum Gasteiger partial charge on any atom is -0.426 e. The molecular formula is C26H23Cl2N3O7. The van der Waals surface area contributed by atoms with E-state index in [1.165, 1.54) is 55.1 Å². The molecule has 2 aromatic carbocycles. The molecule has 3 aromatic rings.